The van der Waals surface area contributed by atoms with Crippen molar-refractivity contribution in [2.24, 2.45) is 5.10 Å². The van der Waals surface area contributed by atoms with Gasteiger partial charge in [-0.25, -0.2) is 5.43 Å². The van der Waals surface area contributed by atoms with E-state index in [1.165, 1.54) is 6.21 Å². The molecule has 1 unspecified atom stereocenters. The van der Waals surface area contributed by atoms with Crippen molar-refractivity contribution >= 4 is 34.7 Å². The molecule has 1 heterocycles. The fourth-order valence-electron chi connectivity index (χ4n) is 1.41. The van der Waals surface area contributed by atoms with Gasteiger partial charge in [0, 0.05) is 0 Å². The highest BCUT2D eigenvalue weighted by Gasteiger charge is 2.15. The van der Waals surface area contributed by atoms with E-state index in [9.17, 15) is 9.90 Å². The molecule has 1 amide bonds. The topological polar surface area (TPSA) is 74.8 Å². The van der Waals surface area contributed by atoms with Gasteiger partial charge in [0.2, 0.25) is 0 Å². The zero-order valence-corrected chi connectivity index (χ0v) is 11.9. The van der Waals surface area contributed by atoms with Crippen LogP contribution in [0.5, 0.6) is 0 Å². The lowest BCUT2D eigenvalue weighted by atomic mass is 10.1. The normalized spacial score (nSPS) is 12.5. The number of hydrogen-bond donors (Lipinski definition) is 2. The van der Waals surface area contributed by atoms with Gasteiger partial charge in [-0.1, -0.05) is 30.3 Å². The molecular formula is C13H11IN2O3. The summed E-state index contributed by atoms with van der Waals surface area (Å²) >= 11 is 2.03. The highest BCUT2D eigenvalue weighted by Crippen LogP contribution is 2.11. The molecule has 5 nitrogen and oxygen atoms in total. The fraction of sp³-hybridized carbons (Fsp3) is 0.0769. The quantitative estimate of drug-likeness (QED) is 0.492. The van der Waals surface area contributed by atoms with Gasteiger partial charge in [0.05, 0.1) is 6.21 Å². The summed E-state index contributed by atoms with van der Waals surface area (Å²) in [4.78, 5) is 11.6. The summed E-state index contributed by atoms with van der Waals surface area (Å²) in [6.45, 7) is 0. The van der Waals surface area contributed by atoms with Crippen LogP contribution in [0.2, 0.25) is 0 Å². The summed E-state index contributed by atoms with van der Waals surface area (Å²) < 4.78 is 5.97. The number of nitrogens with zero attached hydrogens (tertiary/aromatic N) is 1. The summed E-state index contributed by atoms with van der Waals surface area (Å²) in [6, 6.07) is 12.2. The van der Waals surface area contributed by atoms with Crippen molar-refractivity contribution in [3.63, 3.8) is 0 Å². The number of aliphatic hydroxyl groups excluding tert-OH is 1. The number of rotatable bonds is 4. The number of hydrogen-bond acceptors (Lipinski definition) is 4. The standard InChI is InChI=1S/C13H11IN2O3/c14-11-7-6-10(19-11)8-15-16-13(18)12(17)9-4-2-1-3-5-9/h1-8,12,17H,(H,16,18). The second-order valence-electron chi connectivity index (χ2n) is 3.69. The maximum atomic E-state index is 11.6. The van der Waals surface area contributed by atoms with E-state index >= 15 is 0 Å². The van der Waals surface area contributed by atoms with Crippen molar-refractivity contribution in [2.75, 3.05) is 0 Å². The Labute approximate surface area is 123 Å². The van der Waals surface area contributed by atoms with Crippen molar-refractivity contribution in [3.05, 3.63) is 57.6 Å². The number of halogens is 1. The van der Waals surface area contributed by atoms with Crippen LogP contribution in [0.3, 0.4) is 0 Å². The first-order valence-electron chi connectivity index (χ1n) is 5.48. The highest BCUT2D eigenvalue weighted by molar-refractivity contribution is 14.1. The van der Waals surface area contributed by atoms with Crippen LogP contribution in [-0.2, 0) is 4.79 Å². The van der Waals surface area contributed by atoms with Crippen molar-refractivity contribution in [1.29, 1.82) is 0 Å². The second kappa shape index (κ2) is 6.48. The molecule has 0 aliphatic rings. The molecule has 0 bridgehead atoms. The largest absolute Gasteiger partial charge is 0.449 e. The minimum Gasteiger partial charge on any atom is -0.449 e. The average molecular weight is 370 g/mol. The number of nitrogens with one attached hydrogen (secondary N) is 1. The summed E-state index contributed by atoms with van der Waals surface area (Å²) in [5, 5.41) is 13.5. The molecule has 19 heavy (non-hydrogen) atoms. The Kier molecular flexibility index (Phi) is 4.69. The Morgan fingerprint density at radius 3 is 2.68 bits per heavy atom. The van der Waals surface area contributed by atoms with E-state index in [-0.39, 0.29) is 0 Å². The molecule has 1 aromatic carbocycles. The van der Waals surface area contributed by atoms with Gasteiger partial charge < -0.3 is 9.52 Å². The lowest BCUT2D eigenvalue weighted by molar-refractivity contribution is -0.129. The van der Waals surface area contributed by atoms with Gasteiger partial charge in [0.25, 0.3) is 5.91 Å². The minimum absolute atomic E-state index is 0.516. The van der Waals surface area contributed by atoms with Crippen molar-refractivity contribution < 1.29 is 14.3 Å². The Morgan fingerprint density at radius 2 is 2.05 bits per heavy atom. The predicted octanol–water partition coefficient (Wildman–Crippen LogP) is 2.07. The third-order valence-electron chi connectivity index (χ3n) is 2.32. The first-order chi connectivity index (χ1) is 9.16. The molecule has 0 radical (unpaired) electrons. The molecule has 0 fully saturated rings. The smallest absolute Gasteiger partial charge is 0.273 e. The number of carbonyl (C=O) groups is 1. The van der Waals surface area contributed by atoms with Crippen LogP contribution in [0, 0.1) is 3.77 Å². The van der Waals surface area contributed by atoms with E-state index in [0.717, 1.165) is 3.77 Å². The van der Waals surface area contributed by atoms with Gasteiger partial charge in [-0.15, -0.1) is 0 Å². The summed E-state index contributed by atoms with van der Waals surface area (Å²) in [6.07, 6.45) is 0.132. The molecule has 2 rings (SSSR count). The predicted molar refractivity (Wildman–Crippen MR) is 78.6 cm³/mol. The molecule has 0 saturated heterocycles. The van der Waals surface area contributed by atoms with Crippen molar-refractivity contribution in [2.45, 2.75) is 6.10 Å². The van der Waals surface area contributed by atoms with Crippen LogP contribution in [-0.4, -0.2) is 17.2 Å². The van der Waals surface area contributed by atoms with E-state index in [4.69, 9.17) is 4.42 Å². The minimum atomic E-state index is -1.24. The molecule has 0 aliphatic carbocycles. The first kappa shape index (κ1) is 13.8. The van der Waals surface area contributed by atoms with Crippen LogP contribution in [0.25, 0.3) is 0 Å². The molecule has 0 spiro atoms. The first-order valence-corrected chi connectivity index (χ1v) is 6.56. The van der Waals surface area contributed by atoms with E-state index in [2.05, 4.69) is 10.5 Å². The number of benzene rings is 1. The Bertz CT molecular complexity index is 581. The summed E-state index contributed by atoms with van der Waals surface area (Å²) in [5.74, 6) is -0.0670. The number of hydrazone groups is 1. The van der Waals surface area contributed by atoms with Crippen LogP contribution in [0.1, 0.15) is 17.4 Å². The lowest BCUT2D eigenvalue weighted by Gasteiger charge is -2.08. The number of aliphatic hydroxyl groups is 1. The van der Waals surface area contributed by atoms with Crippen LogP contribution >= 0.6 is 22.6 Å². The Hall–Kier alpha value is -1.67. The molecule has 6 heteroatoms. The van der Waals surface area contributed by atoms with Crippen molar-refractivity contribution in [3.8, 4) is 0 Å². The van der Waals surface area contributed by atoms with Gasteiger partial charge in [0.15, 0.2) is 9.87 Å². The Morgan fingerprint density at radius 1 is 1.32 bits per heavy atom. The molecular weight excluding hydrogens is 359 g/mol. The highest BCUT2D eigenvalue weighted by atomic mass is 127. The second-order valence-corrected chi connectivity index (χ2v) is 4.75. The van der Waals surface area contributed by atoms with E-state index < -0.39 is 12.0 Å². The monoisotopic (exact) mass is 370 g/mol. The number of furan rings is 1. The van der Waals surface area contributed by atoms with E-state index in [1.54, 1.807) is 36.4 Å². The van der Waals surface area contributed by atoms with Gasteiger partial charge in [-0.05, 0) is 40.3 Å². The fourth-order valence-corrected chi connectivity index (χ4v) is 1.84. The van der Waals surface area contributed by atoms with Gasteiger partial charge in [-0.2, -0.15) is 5.10 Å². The molecule has 0 saturated carbocycles. The average Bonchev–Trinajstić information content (AvgIpc) is 2.84. The third-order valence-corrected chi connectivity index (χ3v) is 2.90. The Balaban J connectivity index is 1.93. The van der Waals surface area contributed by atoms with Crippen LogP contribution < -0.4 is 5.43 Å². The molecule has 2 N–H and O–H groups in total. The zero-order valence-electron chi connectivity index (χ0n) is 9.79. The van der Waals surface area contributed by atoms with Crippen LogP contribution in [0.4, 0.5) is 0 Å². The van der Waals surface area contributed by atoms with Crippen molar-refractivity contribution in [1.82, 2.24) is 5.43 Å². The zero-order chi connectivity index (χ0) is 13.7. The number of carbonyl (C=O) groups excluding carboxylic acids is 1. The summed E-state index contributed by atoms with van der Waals surface area (Å²) in [5.41, 5.74) is 2.77. The van der Waals surface area contributed by atoms with Crippen LogP contribution in [0.15, 0.2) is 52.0 Å². The van der Waals surface area contributed by atoms with E-state index in [1.807, 2.05) is 28.7 Å². The third kappa shape index (κ3) is 3.90. The maximum absolute atomic E-state index is 11.6. The SMILES string of the molecule is O=C(NN=Cc1ccc(I)o1)C(O)c1ccccc1. The lowest BCUT2D eigenvalue weighted by Crippen LogP contribution is -2.25. The molecule has 0 aliphatic heterocycles. The molecule has 98 valence electrons. The molecule has 1 atom stereocenters. The van der Waals surface area contributed by atoms with Gasteiger partial charge in [0.1, 0.15) is 5.76 Å². The molecule has 2 aromatic rings. The summed E-state index contributed by atoms with van der Waals surface area (Å²) in [7, 11) is 0. The van der Waals surface area contributed by atoms with E-state index in [0.29, 0.717) is 11.3 Å². The van der Waals surface area contributed by atoms with Gasteiger partial charge >= 0.3 is 0 Å². The van der Waals surface area contributed by atoms with Gasteiger partial charge in [-0.3, -0.25) is 4.79 Å². The molecule has 1 aromatic heterocycles. The number of amides is 1. The maximum Gasteiger partial charge on any atom is 0.273 e.